The molecular weight excluding hydrogens is 305 g/mol. The molecule has 2 atom stereocenters. The second-order valence-electron chi connectivity index (χ2n) is 5.75. The van der Waals surface area contributed by atoms with Crippen molar-refractivity contribution in [1.29, 1.82) is 0 Å². The molecule has 1 aromatic rings. The number of hydrogen-bond donors (Lipinski definition) is 1. The van der Waals surface area contributed by atoms with Crippen molar-refractivity contribution in [3.05, 3.63) is 33.8 Å². The van der Waals surface area contributed by atoms with E-state index in [1.165, 1.54) is 32.1 Å². The number of nitrogens with one attached hydrogen (secondary N) is 1. The summed E-state index contributed by atoms with van der Waals surface area (Å²) in [4.78, 5) is 0. The van der Waals surface area contributed by atoms with Crippen LogP contribution in [0, 0.1) is 5.92 Å². The van der Waals surface area contributed by atoms with E-state index >= 15 is 0 Å². The van der Waals surface area contributed by atoms with Crippen molar-refractivity contribution < 1.29 is 4.74 Å². The van der Waals surface area contributed by atoms with Crippen LogP contribution in [0.1, 0.15) is 50.6 Å². The quantitative estimate of drug-likeness (QED) is 0.770. The zero-order chi connectivity index (χ0) is 15.2. The second kappa shape index (κ2) is 8.38. The first kappa shape index (κ1) is 17.1. The van der Waals surface area contributed by atoms with Crippen molar-refractivity contribution in [2.75, 3.05) is 13.7 Å². The number of likely N-dealkylation sites (N-methyl/N-ethyl adjacent to an activating group) is 1. The molecule has 0 heterocycles. The van der Waals surface area contributed by atoms with Crippen LogP contribution >= 0.6 is 23.2 Å². The molecule has 0 aromatic heterocycles. The molecule has 0 bridgehead atoms. The Bertz CT molecular complexity index is 446. The monoisotopic (exact) mass is 329 g/mol. The lowest BCUT2D eigenvalue weighted by molar-refractivity contribution is -0.0167. The van der Waals surface area contributed by atoms with E-state index < -0.39 is 0 Å². The highest BCUT2D eigenvalue weighted by Crippen LogP contribution is 2.37. The van der Waals surface area contributed by atoms with Crippen LogP contribution < -0.4 is 5.32 Å². The van der Waals surface area contributed by atoms with Crippen molar-refractivity contribution in [2.45, 2.75) is 51.2 Å². The van der Waals surface area contributed by atoms with Gasteiger partial charge in [0.25, 0.3) is 0 Å². The standard InChI is InChI=1S/C17H25Cl2NO/c1-3-21-17(12-7-5-4-6-8-12)16(20-2)14-11-13(18)9-10-15(14)19/h9-12,16-17,20H,3-8H2,1-2H3. The topological polar surface area (TPSA) is 21.3 Å². The molecule has 2 unspecified atom stereocenters. The van der Waals surface area contributed by atoms with Crippen LogP contribution in [0.15, 0.2) is 18.2 Å². The Morgan fingerprint density at radius 1 is 1.24 bits per heavy atom. The zero-order valence-corrected chi connectivity index (χ0v) is 14.4. The summed E-state index contributed by atoms with van der Waals surface area (Å²) in [5, 5.41) is 4.87. The fraction of sp³-hybridized carbons (Fsp3) is 0.647. The van der Waals surface area contributed by atoms with Crippen LogP contribution in [0.4, 0.5) is 0 Å². The third kappa shape index (κ3) is 4.35. The Kier molecular flexibility index (Phi) is 6.81. The number of benzene rings is 1. The fourth-order valence-corrected chi connectivity index (χ4v) is 3.82. The Balaban J connectivity index is 2.27. The van der Waals surface area contributed by atoms with Gasteiger partial charge < -0.3 is 10.1 Å². The predicted molar refractivity (Wildman–Crippen MR) is 90.3 cm³/mol. The molecule has 0 radical (unpaired) electrons. The van der Waals surface area contributed by atoms with E-state index in [9.17, 15) is 0 Å². The molecule has 1 saturated carbocycles. The molecule has 4 heteroatoms. The van der Waals surface area contributed by atoms with Gasteiger partial charge in [-0.1, -0.05) is 42.5 Å². The van der Waals surface area contributed by atoms with Gasteiger partial charge in [-0.3, -0.25) is 0 Å². The number of hydrogen-bond acceptors (Lipinski definition) is 2. The highest BCUT2D eigenvalue weighted by Gasteiger charge is 2.32. The Morgan fingerprint density at radius 2 is 1.95 bits per heavy atom. The van der Waals surface area contributed by atoms with Crippen molar-refractivity contribution in [1.82, 2.24) is 5.32 Å². The third-order valence-corrected chi connectivity index (χ3v) is 4.99. The average molecular weight is 330 g/mol. The molecule has 2 nitrogen and oxygen atoms in total. The highest BCUT2D eigenvalue weighted by molar-refractivity contribution is 6.33. The molecular formula is C17H25Cl2NO. The summed E-state index contributed by atoms with van der Waals surface area (Å²) in [6.07, 6.45) is 6.57. The Labute approximate surface area is 138 Å². The minimum atomic E-state index is 0.0826. The van der Waals surface area contributed by atoms with E-state index in [2.05, 4.69) is 12.2 Å². The maximum Gasteiger partial charge on any atom is 0.0798 e. The van der Waals surface area contributed by atoms with Gasteiger partial charge in [0, 0.05) is 16.7 Å². The lowest BCUT2D eigenvalue weighted by Crippen LogP contribution is -2.38. The molecule has 0 saturated heterocycles. The van der Waals surface area contributed by atoms with E-state index in [0.29, 0.717) is 10.9 Å². The SMILES string of the molecule is CCOC(C1CCCCC1)C(NC)c1cc(Cl)ccc1Cl. The molecule has 1 aliphatic carbocycles. The molecule has 1 fully saturated rings. The van der Waals surface area contributed by atoms with Gasteiger partial charge >= 0.3 is 0 Å². The summed E-state index contributed by atoms with van der Waals surface area (Å²) in [5.41, 5.74) is 1.04. The number of rotatable bonds is 6. The first-order valence-corrected chi connectivity index (χ1v) is 8.66. The highest BCUT2D eigenvalue weighted by atomic mass is 35.5. The van der Waals surface area contributed by atoms with Crippen LogP contribution in [0.5, 0.6) is 0 Å². The van der Waals surface area contributed by atoms with Gasteiger partial charge in [0.05, 0.1) is 12.1 Å². The van der Waals surface area contributed by atoms with E-state index in [0.717, 1.165) is 17.2 Å². The molecule has 1 aromatic carbocycles. The first-order chi connectivity index (χ1) is 10.2. The van der Waals surface area contributed by atoms with Crippen molar-refractivity contribution >= 4 is 23.2 Å². The summed E-state index contributed by atoms with van der Waals surface area (Å²) >= 11 is 12.6. The molecule has 0 spiro atoms. The van der Waals surface area contributed by atoms with Gasteiger partial charge in [0.1, 0.15) is 0 Å². The maximum atomic E-state index is 6.40. The lowest BCUT2D eigenvalue weighted by atomic mass is 9.81. The van der Waals surface area contributed by atoms with Crippen molar-refractivity contribution in [3.8, 4) is 0 Å². The van der Waals surface area contributed by atoms with E-state index in [1.807, 2.05) is 25.2 Å². The lowest BCUT2D eigenvalue weighted by Gasteiger charge is -2.36. The minimum absolute atomic E-state index is 0.0826. The maximum absolute atomic E-state index is 6.40. The van der Waals surface area contributed by atoms with Gasteiger partial charge in [-0.15, -0.1) is 0 Å². The number of halogens is 2. The van der Waals surface area contributed by atoms with Crippen molar-refractivity contribution in [3.63, 3.8) is 0 Å². The van der Waals surface area contributed by atoms with Gasteiger partial charge in [0.2, 0.25) is 0 Å². The first-order valence-electron chi connectivity index (χ1n) is 7.91. The minimum Gasteiger partial charge on any atom is -0.376 e. The fourth-order valence-electron chi connectivity index (χ4n) is 3.41. The smallest absolute Gasteiger partial charge is 0.0798 e. The summed E-state index contributed by atoms with van der Waals surface area (Å²) < 4.78 is 6.12. The van der Waals surface area contributed by atoms with Crippen molar-refractivity contribution in [2.24, 2.45) is 5.92 Å². The summed E-state index contributed by atoms with van der Waals surface area (Å²) in [7, 11) is 1.97. The normalized spacial score (nSPS) is 19.4. The molecule has 1 N–H and O–H groups in total. The van der Waals surface area contributed by atoms with E-state index in [-0.39, 0.29) is 12.1 Å². The molecule has 118 valence electrons. The van der Waals surface area contributed by atoms with E-state index in [1.54, 1.807) is 0 Å². The third-order valence-electron chi connectivity index (χ3n) is 4.41. The Hall–Kier alpha value is -0.280. The number of ether oxygens (including phenoxy) is 1. The average Bonchev–Trinajstić information content (AvgIpc) is 2.51. The Morgan fingerprint density at radius 3 is 2.57 bits per heavy atom. The van der Waals surface area contributed by atoms with Crippen LogP contribution in [-0.2, 0) is 4.74 Å². The van der Waals surface area contributed by atoms with Crippen LogP contribution in [0.25, 0.3) is 0 Å². The molecule has 21 heavy (non-hydrogen) atoms. The second-order valence-corrected chi connectivity index (χ2v) is 6.59. The summed E-state index contributed by atoms with van der Waals surface area (Å²) in [6, 6.07) is 5.74. The van der Waals surface area contributed by atoms with E-state index in [4.69, 9.17) is 27.9 Å². The van der Waals surface area contributed by atoms with Gasteiger partial charge in [-0.2, -0.15) is 0 Å². The molecule has 0 aliphatic heterocycles. The molecule has 1 aliphatic rings. The van der Waals surface area contributed by atoms with Crippen LogP contribution in [-0.4, -0.2) is 19.8 Å². The molecule has 2 rings (SSSR count). The molecule has 0 amide bonds. The van der Waals surface area contributed by atoms with Gasteiger partial charge in [-0.05, 0) is 56.5 Å². The van der Waals surface area contributed by atoms with Crippen LogP contribution in [0.3, 0.4) is 0 Å². The van der Waals surface area contributed by atoms with Gasteiger partial charge in [-0.25, -0.2) is 0 Å². The summed E-state index contributed by atoms with van der Waals surface area (Å²) in [6.45, 7) is 2.78. The van der Waals surface area contributed by atoms with Crippen LogP contribution in [0.2, 0.25) is 10.0 Å². The largest absolute Gasteiger partial charge is 0.376 e. The zero-order valence-electron chi connectivity index (χ0n) is 12.9. The van der Waals surface area contributed by atoms with Gasteiger partial charge in [0.15, 0.2) is 0 Å². The predicted octanol–water partition coefficient (Wildman–Crippen LogP) is 5.24. The summed E-state index contributed by atoms with van der Waals surface area (Å²) in [5.74, 6) is 0.589.